The number of fused-ring (bicyclic) bond motifs is 3. The van der Waals surface area contributed by atoms with Gasteiger partial charge in [-0.2, -0.15) is 0 Å². The molecule has 0 saturated heterocycles. The fourth-order valence-corrected chi connectivity index (χ4v) is 7.23. The maximum absolute atomic E-state index is 6.41. The summed E-state index contributed by atoms with van der Waals surface area (Å²) < 4.78 is 12.8. The molecule has 0 spiro atoms. The minimum Gasteiger partial charge on any atom is -0.456 e. The van der Waals surface area contributed by atoms with Gasteiger partial charge in [-0.3, -0.25) is 0 Å². The standard InChI is InChI=1S/C50H32O2/c1-3-7-33(8-4-1)35-11-15-37(16-12-35)39-19-23-41(24-20-39)47-31-45-27-43-30-50-46(28-44(43)29-49(45)51-47)32-48(52-50)42-25-21-40(22-26-42)38-17-13-36(14-18-38)34-9-5-2-6-10-34/h1-32H. The Kier molecular flexibility index (Phi) is 7.18. The van der Waals surface area contributed by atoms with Gasteiger partial charge in [0.1, 0.15) is 22.7 Å². The predicted octanol–water partition coefficient (Wildman–Crippen LogP) is 14.3. The van der Waals surface area contributed by atoms with Crippen molar-refractivity contribution in [2.45, 2.75) is 0 Å². The zero-order valence-corrected chi connectivity index (χ0v) is 28.3. The quantitative estimate of drug-likeness (QED) is 0.177. The Hall–Kier alpha value is -6.90. The van der Waals surface area contributed by atoms with Crippen LogP contribution in [0.3, 0.4) is 0 Å². The lowest BCUT2D eigenvalue weighted by Crippen LogP contribution is -1.81. The minimum atomic E-state index is 0.859. The van der Waals surface area contributed by atoms with E-state index in [0.29, 0.717) is 0 Å². The number of benzene rings is 8. The van der Waals surface area contributed by atoms with E-state index in [9.17, 15) is 0 Å². The summed E-state index contributed by atoms with van der Waals surface area (Å²) in [5, 5.41) is 4.39. The highest BCUT2D eigenvalue weighted by molar-refractivity contribution is 6.03. The summed E-state index contributed by atoms with van der Waals surface area (Å²) in [6, 6.07) is 68.6. The molecule has 52 heavy (non-hydrogen) atoms. The fourth-order valence-electron chi connectivity index (χ4n) is 7.23. The van der Waals surface area contributed by atoms with Crippen molar-refractivity contribution in [1.29, 1.82) is 0 Å². The van der Waals surface area contributed by atoms with Crippen LogP contribution in [-0.4, -0.2) is 0 Å². The highest BCUT2D eigenvalue weighted by Gasteiger charge is 2.12. The molecule has 0 radical (unpaired) electrons. The van der Waals surface area contributed by atoms with Crippen molar-refractivity contribution in [2.75, 3.05) is 0 Å². The first-order valence-electron chi connectivity index (χ1n) is 17.6. The number of rotatable bonds is 6. The summed E-state index contributed by atoms with van der Waals surface area (Å²) in [7, 11) is 0. The average molecular weight is 665 g/mol. The van der Waals surface area contributed by atoms with E-state index < -0.39 is 0 Å². The van der Waals surface area contributed by atoms with Crippen molar-refractivity contribution in [3.63, 3.8) is 0 Å². The van der Waals surface area contributed by atoms with Crippen LogP contribution in [0.25, 0.3) is 99.9 Å². The Morgan fingerprint density at radius 2 is 0.481 bits per heavy atom. The van der Waals surface area contributed by atoms with Gasteiger partial charge in [0.2, 0.25) is 0 Å². The number of hydrogen-bond acceptors (Lipinski definition) is 2. The summed E-state index contributed by atoms with van der Waals surface area (Å²) in [6.07, 6.45) is 0. The first kappa shape index (κ1) is 30.0. The summed E-state index contributed by atoms with van der Waals surface area (Å²) in [5.41, 5.74) is 13.5. The van der Waals surface area contributed by atoms with Crippen LogP contribution in [0.15, 0.2) is 203 Å². The monoisotopic (exact) mass is 664 g/mol. The highest BCUT2D eigenvalue weighted by Crippen LogP contribution is 2.36. The topological polar surface area (TPSA) is 26.3 Å². The SMILES string of the molecule is c1ccc(-c2ccc(-c3ccc(-c4cc5cc6cc7oc(-c8ccc(-c9ccc(-c%10ccccc%10)cc9)cc8)cc7cc6cc5o4)cc3)cc2)cc1. The van der Waals surface area contributed by atoms with Crippen LogP contribution in [0.1, 0.15) is 0 Å². The van der Waals surface area contributed by atoms with Crippen LogP contribution in [-0.2, 0) is 0 Å². The Morgan fingerprint density at radius 3 is 0.788 bits per heavy atom. The third kappa shape index (κ3) is 5.57. The lowest BCUT2D eigenvalue weighted by atomic mass is 9.99. The zero-order chi connectivity index (χ0) is 34.4. The van der Waals surface area contributed by atoms with Crippen LogP contribution in [0.4, 0.5) is 0 Å². The Balaban J connectivity index is 0.883. The molecule has 0 aliphatic rings. The van der Waals surface area contributed by atoms with E-state index in [0.717, 1.165) is 55.4 Å². The van der Waals surface area contributed by atoms with Crippen molar-refractivity contribution in [3.8, 4) is 67.2 Å². The van der Waals surface area contributed by atoms with Gasteiger partial charge in [0, 0.05) is 21.9 Å². The number of furan rings is 2. The molecule has 10 aromatic rings. The summed E-state index contributed by atoms with van der Waals surface area (Å²) in [6.45, 7) is 0. The molecule has 2 nitrogen and oxygen atoms in total. The van der Waals surface area contributed by atoms with Crippen molar-refractivity contribution in [2.24, 2.45) is 0 Å². The fraction of sp³-hybridized carbons (Fsp3) is 0. The van der Waals surface area contributed by atoms with Gasteiger partial charge in [-0.15, -0.1) is 0 Å². The second kappa shape index (κ2) is 12.5. The van der Waals surface area contributed by atoms with Crippen molar-refractivity contribution in [1.82, 2.24) is 0 Å². The molecule has 0 unspecified atom stereocenters. The van der Waals surface area contributed by atoms with E-state index in [-0.39, 0.29) is 0 Å². The predicted molar refractivity (Wildman–Crippen MR) is 216 cm³/mol. The molecule has 8 aromatic carbocycles. The highest BCUT2D eigenvalue weighted by atomic mass is 16.3. The smallest absolute Gasteiger partial charge is 0.135 e. The van der Waals surface area contributed by atoms with Crippen LogP contribution in [0.2, 0.25) is 0 Å². The maximum atomic E-state index is 6.41. The molecule has 2 aromatic heterocycles. The summed E-state index contributed by atoms with van der Waals surface area (Å²) in [4.78, 5) is 0. The minimum absolute atomic E-state index is 0.859. The van der Waals surface area contributed by atoms with E-state index in [4.69, 9.17) is 8.83 Å². The van der Waals surface area contributed by atoms with Crippen molar-refractivity contribution in [3.05, 3.63) is 194 Å². The van der Waals surface area contributed by atoms with Gasteiger partial charge >= 0.3 is 0 Å². The van der Waals surface area contributed by atoms with Gasteiger partial charge in [-0.1, -0.05) is 158 Å². The molecule has 0 aliphatic carbocycles. The largest absolute Gasteiger partial charge is 0.456 e. The maximum Gasteiger partial charge on any atom is 0.135 e. The lowest BCUT2D eigenvalue weighted by Gasteiger charge is -2.06. The van der Waals surface area contributed by atoms with E-state index >= 15 is 0 Å². The Bertz CT molecular complexity index is 2560. The van der Waals surface area contributed by atoms with Gasteiger partial charge in [-0.05, 0) is 91.7 Å². The van der Waals surface area contributed by atoms with E-state index in [2.05, 4.69) is 182 Å². The average Bonchev–Trinajstić information content (AvgIpc) is 3.84. The van der Waals surface area contributed by atoms with E-state index in [1.54, 1.807) is 0 Å². The second-order valence-corrected chi connectivity index (χ2v) is 13.4. The molecule has 2 heteroatoms. The van der Waals surface area contributed by atoms with E-state index in [1.807, 2.05) is 12.1 Å². The van der Waals surface area contributed by atoms with Crippen LogP contribution < -0.4 is 0 Å². The molecule has 0 saturated carbocycles. The molecule has 10 rings (SSSR count). The first-order valence-corrected chi connectivity index (χ1v) is 17.6. The normalized spacial score (nSPS) is 11.5. The zero-order valence-electron chi connectivity index (χ0n) is 28.3. The molecule has 2 heterocycles. The van der Waals surface area contributed by atoms with Gasteiger partial charge in [0.25, 0.3) is 0 Å². The molecule has 0 atom stereocenters. The van der Waals surface area contributed by atoms with Gasteiger partial charge in [-0.25, -0.2) is 0 Å². The van der Waals surface area contributed by atoms with Gasteiger partial charge in [0.05, 0.1) is 0 Å². The molecule has 244 valence electrons. The molecular weight excluding hydrogens is 633 g/mol. The summed E-state index contributed by atoms with van der Waals surface area (Å²) >= 11 is 0. The molecular formula is C50H32O2. The summed E-state index contributed by atoms with van der Waals surface area (Å²) in [5.74, 6) is 1.72. The van der Waals surface area contributed by atoms with Crippen LogP contribution in [0.5, 0.6) is 0 Å². The second-order valence-electron chi connectivity index (χ2n) is 13.4. The lowest BCUT2D eigenvalue weighted by molar-refractivity contribution is 0.631. The van der Waals surface area contributed by atoms with Gasteiger partial charge < -0.3 is 8.83 Å². The van der Waals surface area contributed by atoms with Crippen molar-refractivity contribution >= 4 is 32.7 Å². The molecule has 0 amide bonds. The third-order valence-corrected chi connectivity index (χ3v) is 10.1. The first-order chi connectivity index (χ1) is 25.7. The third-order valence-electron chi connectivity index (χ3n) is 10.1. The van der Waals surface area contributed by atoms with Gasteiger partial charge in [0.15, 0.2) is 0 Å². The van der Waals surface area contributed by atoms with Crippen molar-refractivity contribution < 1.29 is 8.83 Å². The Labute approximate surface area is 301 Å². The van der Waals surface area contributed by atoms with Crippen LogP contribution in [0, 0.1) is 0 Å². The molecule has 0 fully saturated rings. The molecule has 0 N–H and O–H groups in total. The van der Waals surface area contributed by atoms with E-state index in [1.165, 1.54) is 44.5 Å². The molecule has 0 bridgehead atoms. The van der Waals surface area contributed by atoms with Crippen LogP contribution >= 0.6 is 0 Å². The molecule has 0 aliphatic heterocycles. The Morgan fingerprint density at radius 1 is 0.212 bits per heavy atom. The number of hydrogen-bond donors (Lipinski definition) is 0.